The summed E-state index contributed by atoms with van der Waals surface area (Å²) in [5, 5.41) is 0. The lowest BCUT2D eigenvalue weighted by molar-refractivity contribution is 0.263. The number of hydrogen-bond acceptors (Lipinski definition) is 2. The van der Waals surface area contributed by atoms with E-state index in [1.54, 1.807) is 6.07 Å². The molecule has 0 fully saturated rings. The number of nitrogens with one attached hydrogen (secondary N) is 1. The predicted octanol–water partition coefficient (Wildman–Crippen LogP) is 2.39. The maximum Gasteiger partial charge on any atom is 0.124 e. The van der Waals surface area contributed by atoms with Crippen LogP contribution in [0.2, 0.25) is 0 Å². The Morgan fingerprint density at radius 2 is 2.38 bits per heavy atom. The average molecular weight is 202 g/mol. The first-order chi connectivity index (χ1) is 6.31. The van der Waals surface area contributed by atoms with Gasteiger partial charge >= 0.3 is 0 Å². The van der Waals surface area contributed by atoms with Crippen molar-refractivity contribution in [3.8, 4) is 5.75 Å². The van der Waals surface area contributed by atoms with E-state index in [1.807, 2.05) is 0 Å². The summed E-state index contributed by atoms with van der Waals surface area (Å²) in [6, 6.07) is 4.45. The van der Waals surface area contributed by atoms with Crippen LogP contribution in [0, 0.1) is 5.82 Å². The Bertz CT molecular complexity index is 318. The Balaban J connectivity index is 2.41. The number of hydrogen-bond donors (Lipinski definition) is 1. The van der Waals surface area contributed by atoms with E-state index in [-0.39, 0.29) is 11.9 Å². The number of halogens is 2. The molecular formula is C9H9ClFNO. The highest BCUT2D eigenvalue weighted by molar-refractivity contribution is 6.13. The second-order valence-electron chi connectivity index (χ2n) is 2.98. The average Bonchev–Trinajstić information content (AvgIpc) is 2.17. The van der Waals surface area contributed by atoms with Crippen LogP contribution in [0.3, 0.4) is 0 Å². The Kier molecular flexibility index (Phi) is 2.38. The molecule has 70 valence electrons. The topological polar surface area (TPSA) is 21.3 Å². The summed E-state index contributed by atoms with van der Waals surface area (Å²) < 4.78 is 18.2. The third-order valence-electron chi connectivity index (χ3n) is 2.14. The second kappa shape index (κ2) is 3.52. The highest BCUT2D eigenvalue weighted by Crippen LogP contribution is 2.32. The van der Waals surface area contributed by atoms with E-state index in [0.717, 1.165) is 12.0 Å². The van der Waals surface area contributed by atoms with Crippen molar-refractivity contribution in [1.82, 2.24) is 4.84 Å². The van der Waals surface area contributed by atoms with E-state index in [1.165, 1.54) is 12.1 Å². The number of fused-ring (bicyclic) bond motifs is 1. The Hall–Kier alpha value is -0.800. The summed E-state index contributed by atoms with van der Waals surface area (Å²) in [5.74, 6) is 0.451. The fraction of sp³-hybridized carbons (Fsp3) is 0.333. The molecule has 1 aromatic carbocycles. The highest BCUT2D eigenvalue weighted by atomic mass is 35.5. The van der Waals surface area contributed by atoms with Crippen LogP contribution in [0.15, 0.2) is 18.2 Å². The van der Waals surface area contributed by atoms with E-state index >= 15 is 0 Å². The van der Waals surface area contributed by atoms with Crippen molar-refractivity contribution in [3.63, 3.8) is 0 Å². The molecule has 1 heterocycles. The molecule has 0 bridgehead atoms. The fourth-order valence-corrected chi connectivity index (χ4v) is 1.71. The molecule has 1 aromatic rings. The summed E-state index contributed by atoms with van der Waals surface area (Å²) in [6.45, 7) is 0.614. The minimum atomic E-state index is -0.263. The first-order valence-electron chi connectivity index (χ1n) is 4.09. The molecule has 2 nitrogen and oxygen atoms in total. The molecule has 1 unspecified atom stereocenters. The summed E-state index contributed by atoms with van der Waals surface area (Å²) in [5.41, 5.74) is 0.793. The molecule has 1 N–H and O–H groups in total. The second-order valence-corrected chi connectivity index (χ2v) is 3.20. The number of rotatable bonds is 1. The van der Waals surface area contributed by atoms with Gasteiger partial charge < -0.3 is 4.74 Å². The standard InChI is InChI=1S/C9H9ClFNO/c10-12-8-3-4-13-9-2-1-6(11)5-7(8)9/h1-2,5,8,12H,3-4H2. The predicted molar refractivity (Wildman–Crippen MR) is 48.2 cm³/mol. The highest BCUT2D eigenvalue weighted by Gasteiger charge is 2.20. The van der Waals surface area contributed by atoms with Crippen LogP contribution in [0.4, 0.5) is 4.39 Å². The maximum absolute atomic E-state index is 12.9. The van der Waals surface area contributed by atoms with E-state index < -0.39 is 0 Å². The minimum Gasteiger partial charge on any atom is -0.493 e. The van der Waals surface area contributed by atoms with Gasteiger partial charge in [0.05, 0.1) is 12.6 Å². The van der Waals surface area contributed by atoms with Crippen LogP contribution >= 0.6 is 11.8 Å². The molecule has 1 aliphatic heterocycles. The molecule has 4 heteroatoms. The smallest absolute Gasteiger partial charge is 0.124 e. The lowest BCUT2D eigenvalue weighted by Gasteiger charge is -2.24. The molecular weight excluding hydrogens is 193 g/mol. The first-order valence-corrected chi connectivity index (χ1v) is 4.47. The monoisotopic (exact) mass is 201 g/mol. The van der Waals surface area contributed by atoms with Gasteiger partial charge in [0, 0.05) is 12.0 Å². The van der Waals surface area contributed by atoms with Gasteiger partial charge in [0.25, 0.3) is 0 Å². The Labute approximate surface area is 80.8 Å². The SMILES string of the molecule is Fc1ccc2c(c1)C(NCl)CCO2. The Morgan fingerprint density at radius 1 is 1.54 bits per heavy atom. The van der Waals surface area contributed by atoms with Gasteiger partial charge in [-0.05, 0) is 30.0 Å². The third kappa shape index (κ3) is 1.62. The van der Waals surface area contributed by atoms with Gasteiger partial charge in [-0.15, -0.1) is 0 Å². The Morgan fingerprint density at radius 3 is 3.15 bits per heavy atom. The van der Waals surface area contributed by atoms with Gasteiger partial charge in [-0.1, -0.05) is 0 Å². The lowest BCUT2D eigenvalue weighted by atomic mass is 10.0. The zero-order valence-corrected chi connectivity index (χ0v) is 7.64. The van der Waals surface area contributed by atoms with Crippen molar-refractivity contribution in [1.29, 1.82) is 0 Å². The van der Waals surface area contributed by atoms with Gasteiger partial charge in [0.15, 0.2) is 0 Å². The molecule has 1 atom stereocenters. The molecule has 13 heavy (non-hydrogen) atoms. The normalized spacial score (nSPS) is 20.6. The minimum absolute atomic E-state index is 0.0129. The fourth-order valence-electron chi connectivity index (χ4n) is 1.48. The lowest BCUT2D eigenvalue weighted by Crippen LogP contribution is -2.21. The van der Waals surface area contributed by atoms with Gasteiger partial charge in [-0.2, -0.15) is 0 Å². The van der Waals surface area contributed by atoms with Gasteiger partial charge in [-0.25, -0.2) is 9.23 Å². The summed E-state index contributed by atoms with van der Waals surface area (Å²) >= 11 is 5.53. The summed E-state index contributed by atoms with van der Waals surface area (Å²) in [7, 11) is 0. The molecule has 0 amide bonds. The maximum atomic E-state index is 12.9. The summed E-state index contributed by atoms with van der Waals surface area (Å²) in [6.07, 6.45) is 0.764. The van der Waals surface area contributed by atoms with Crippen molar-refractivity contribution in [2.45, 2.75) is 12.5 Å². The van der Waals surface area contributed by atoms with Crippen LogP contribution in [-0.4, -0.2) is 6.61 Å². The van der Waals surface area contributed by atoms with Crippen molar-refractivity contribution < 1.29 is 9.13 Å². The quantitative estimate of drug-likeness (QED) is 0.705. The van der Waals surface area contributed by atoms with E-state index in [2.05, 4.69) is 4.84 Å². The zero-order chi connectivity index (χ0) is 9.26. The number of ether oxygens (including phenoxy) is 1. The van der Waals surface area contributed by atoms with Crippen LogP contribution in [0.5, 0.6) is 5.75 Å². The zero-order valence-electron chi connectivity index (χ0n) is 6.89. The van der Waals surface area contributed by atoms with E-state index in [4.69, 9.17) is 16.5 Å². The summed E-state index contributed by atoms with van der Waals surface area (Å²) in [4.78, 5) is 2.61. The van der Waals surface area contributed by atoms with Crippen molar-refractivity contribution >= 4 is 11.8 Å². The van der Waals surface area contributed by atoms with Crippen molar-refractivity contribution in [2.75, 3.05) is 6.61 Å². The number of benzene rings is 1. The molecule has 0 aliphatic carbocycles. The van der Waals surface area contributed by atoms with Crippen molar-refractivity contribution in [2.24, 2.45) is 0 Å². The molecule has 0 aromatic heterocycles. The molecule has 0 spiro atoms. The van der Waals surface area contributed by atoms with E-state index in [0.29, 0.717) is 12.4 Å². The molecule has 0 saturated carbocycles. The van der Waals surface area contributed by atoms with E-state index in [9.17, 15) is 4.39 Å². The first kappa shape index (κ1) is 8.78. The molecule has 2 rings (SSSR count). The van der Waals surface area contributed by atoms with Gasteiger partial charge in [-0.3, -0.25) is 0 Å². The van der Waals surface area contributed by atoms with Crippen LogP contribution in [0.1, 0.15) is 18.0 Å². The molecule has 0 radical (unpaired) electrons. The van der Waals surface area contributed by atoms with Gasteiger partial charge in [0.2, 0.25) is 0 Å². The van der Waals surface area contributed by atoms with Crippen LogP contribution in [0.25, 0.3) is 0 Å². The largest absolute Gasteiger partial charge is 0.493 e. The van der Waals surface area contributed by atoms with Gasteiger partial charge in [0.1, 0.15) is 11.6 Å². The molecule has 1 aliphatic rings. The third-order valence-corrected chi connectivity index (χ3v) is 2.41. The van der Waals surface area contributed by atoms with Crippen LogP contribution in [-0.2, 0) is 0 Å². The molecule has 0 saturated heterocycles. The van der Waals surface area contributed by atoms with Crippen LogP contribution < -0.4 is 9.57 Å². The van der Waals surface area contributed by atoms with Crippen molar-refractivity contribution in [3.05, 3.63) is 29.6 Å².